The Morgan fingerprint density at radius 3 is 2.70 bits per heavy atom. The van der Waals surface area contributed by atoms with Crippen LogP contribution in [0.5, 0.6) is 0 Å². The highest BCUT2D eigenvalue weighted by atomic mass is 15.2. The SMILES string of the molecule is Cc1ccc(C2CCCN2c2cc(Nc3cc(C4CC4)[nH]n3)ncn2)cc1. The zero-order valence-electron chi connectivity index (χ0n) is 15.5. The Kier molecular flexibility index (Phi) is 4.03. The van der Waals surface area contributed by atoms with Gasteiger partial charge in [0.25, 0.3) is 0 Å². The van der Waals surface area contributed by atoms with E-state index in [1.165, 1.54) is 36.1 Å². The number of hydrogen-bond acceptors (Lipinski definition) is 5. The maximum absolute atomic E-state index is 4.55. The maximum atomic E-state index is 4.55. The zero-order valence-corrected chi connectivity index (χ0v) is 15.5. The number of nitrogens with zero attached hydrogens (tertiary/aromatic N) is 4. The lowest BCUT2D eigenvalue weighted by Crippen LogP contribution is -2.23. The maximum Gasteiger partial charge on any atom is 0.153 e. The van der Waals surface area contributed by atoms with Gasteiger partial charge in [0.1, 0.15) is 18.0 Å². The first-order valence-corrected chi connectivity index (χ1v) is 9.74. The highest BCUT2D eigenvalue weighted by Crippen LogP contribution is 2.40. The molecule has 6 nitrogen and oxygen atoms in total. The molecule has 6 heteroatoms. The minimum atomic E-state index is 0.375. The van der Waals surface area contributed by atoms with Crippen LogP contribution in [0.3, 0.4) is 0 Å². The van der Waals surface area contributed by atoms with Crippen molar-refractivity contribution in [2.45, 2.75) is 44.6 Å². The van der Waals surface area contributed by atoms with Crippen molar-refractivity contribution in [1.29, 1.82) is 0 Å². The molecule has 27 heavy (non-hydrogen) atoms. The van der Waals surface area contributed by atoms with E-state index in [0.717, 1.165) is 30.4 Å². The number of aryl methyl sites for hydroxylation is 1. The number of benzene rings is 1. The van der Waals surface area contributed by atoms with Gasteiger partial charge in [0, 0.05) is 30.3 Å². The third-order valence-electron chi connectivity index (χ3n) is 5.53. The molecule has 0 spiro atoms. The lowest BCUT2D eigenvalue weighted by Gasteiger charge is -2.26. The lowest BCUT2D eigenvalue weighted by atomic mass is 10.0. The van der Waals surface area contributed by atoms with Crippen molar-refractivity contribution in [2.75, 3.05) is 16.8 Å². The number of nitrogens with one attached hydrogen (secondary N) is 2. The van der Waals surface area contributed by atoms with Crippen LogP contribution in [0.4, 0.5) is 17.5 Å². The monoisotopic (exact) mass is 360 g/mol. The Morgan fingerprint density at radius 1 is 1.04 bits per heavy atom. The van der Waals surface area contributed by atoms with Crippen molar-refractivity contribution in [3.05, 3.63) is 59.5 Å². The Bertz CT molecular complexity index is 928. The molecule has 1 saturated carbocycles. The number of hydrogen-bond donors (Lipinski definition) is 2. The highest BCUT2D eigenvalue weighted by molar-refractivity contribution is 5.57. The third-order valence-corrected chi connectivity index (χ3v) is 5.53. The van der Waals surface area contributed by atoms with E-state index >= 15 is 0 Å². The molecule has 3 aromatic rings. The van der Waals surface area contributed by atoms with Gasteiger partial charge in [-0.25, -0.2) is 9.97 Å². The van der Waals surface area contributed by atoms with E-state index in [2.05, 4.69) is 67.6 Å². The number of aromatic nitrogens is 4. The molecule has 3 heterocycles. The van der Waals surface area contributed by atoms with E-state index in [0.29, 0.717) is 12.0 Å². The second kappa shape index (κ2) is 6.68. The van der Waals surface area contributed by atoms with Crippen molar-refractivity contribution < 1.29 is 0 Å². The van der Waals surface area contributed by atoms with Gasteiger partial charge in [-0.05, 0) is 38.2 Å². The number of anilines is 3. The second-order valence-electron chi connectivity index (χ2n) is 7.63. The molecule has 5 rings (SSSR count). The van der Waals surface area contributed by atoms with E-state index < -0.39 is 0 Å². The normalized spacial score (nSPS) is 19.4. The van der Waals surface area contributed by atoms with Crippen LogP contribution in [0, 0.1) is 6.92 Å². The topological polar surface area (TPSA) is 69.7 Å². The molecule has 1 saturated heterocycles. The second-order valence-corrected chi connectivity index (χ2v) is 7.63. The van der Waals surface area contributed by atoms with Crippen molar-refractivity contribution in [3.8, 4) is 0 Å². The van der Waals surface area contributed by atoms with Crippen LogP contribution in [-0.2, 0) is 0 Å². The summed E-state index contributed by atoms with van der Waals surface area (Å²) in [5.41, 5.74) is 3.86. The summed E-state index contributed by atoms with van der Waals surface area (Å²) in [5.74, 6) is 3.23. The molecule has 1 aliphatic heterocycles. The average molecular weight is 360 g/mol. The van der Waals surface area contributed by atoms with Crippen LogP contribution in [0.1, 0.15) is 54.5 Å². The first-order valence-electron chi connectivity index (χ1n) is 9.74. The van der Waals surface area contributed by atoms with E-state index in [9.17, 15) is 0 Å². The summed E-state index contributed by atoms with van der Waals surface area (Å²) in [5, 5.41) is 10.8. The summed E-state index contributed by atoms with van der Waals surface area (Å²) in [6, 6.07) is 13.3. The Balaban J connectivity index is 1.36. The van der Waals surface area contributed by atoms with Crippen molar-refractivity contribution >= 4 is 17.5 Å². The molecule has 0 amide bonds. The molecule has 2 fully saturated rings. The average Bonchev–Trinajstić information content (AvgIpc) is 3.23. The molecular formula is C21H24N6. The van der Waals surface area contributed by atoms with Crippen LogP contribution in [0.2, 0.25) is 0 Å². The first kappa shape index (κ1) is 16.3. The fourth-order valence-electron chi connectivity index (χ4n) is 3.88. The summed E-state index contributed by atoms with van der Waals surface area (Å²) in [4.78, 5) is 11.3. The predicted molar refractivity (Wildman–Crippen MR) is 106 cm³/mol. The van der Waals surface area contributed by atoms with E-state index in [1.54, 1.807) is 6.33 Å². The van der Waals surface area contributed by atoms with Crippen LogP contribution in [0.15, 0.2) is 42.7 Å². The standard InChI is InChI=1S/C21H24N6/c1-14-4-6-16(7-5-14)18-3-2-10-27(18)21-12-19(22-13-23-21)24-20-11-17(25-26-20)15-8-9-15/h4-7,11-13,15,18H,2-3,8-10H2,1H3,(H2,22,23,24,25,26). The predicted octanol–water partition coefficient (Wildman–Crippen LogP) is 4.47. The van der Waals surface area contributed by atoms with Gasteiger partial charge in [0.2, 0.25) is 0 Å². The molecule has 0 bridgehead atoms. The summed E-state index contributed by atoms with van der Waals surface area (Å²) in [6.45, 7) is 3.14. The summed E-state index contributed by atoms with van der Waals surface area (Å²) in [6.07, 6.45) is 6.48. The van der Waals surface area contributed by atoms with E-state index in [1.807, 2.05) is 6.07 Å². The minimum Gasteiger partial charge on any atom is -0.349 e. The fraction of sp³-hybridized carbons (Fsp3) is 0.381. The summed E-state index contributed by atoms with van der Waals surface area (Å²) >= 11 is 0. The Morgan fingerprint density at radius 2 is 1.89 bits per heavy atom. The van der Waals surface area contributed by atoms with Gasteiger partial charge >= 0.3 is 0 Å². The lowest BCUT2D eigenvalue weighted by molar-refractivity contribution is 0.710. The van der Waals surface area contributed by atoms with E-state index in [-0.39, 0.29) is 0 Å². The molecule has 0 radical (unpaired) electrons. The van der Waals surface area contributed by atoms with Crippen LogP contribution < -0.4 is 10.2 Å². The zero-order chi connectivity index (χ0) is 18.2. The summed E-state index contributed by atoms with van der Waals surface area (Å²) < 4.78 is 0. The highest BCUT2D eigenvalue weighted by Gasteiger charge is 2.28. The smallest absolute Gasteiger partial charge is 0.153 e. The van der Waals surface area contributed by atoms with Crippen molar-refractivity contribution in [3.63, 3.8) is 0 Å². The molecule has 1 atom stereocenters. The third kappa shape index (κ3) is 3.39. The van der Waals surface area contributed by atoms with E-state index in [4.69, 9.17) is 0 Å². The van der Waals surface area contributed by atoms with Crippen LogP contribution in [0.25, 0.3) is 0 Å². The quantitative estimate of drug-likeness (QED) is 0.702. The number of aromatic amines is 1. The molecular weight excluding hydrogens is 336 g/mol. The van der Waals surface area contributed by atoms with Gasteiger partial charge in [0.15, 0.2) is 5.82 Å². The molecule has 2 aromatic heterocycles. The van der Waals surface area contributed by atoms with Crippen molar-refractivity contribution in [1.82, 2.24) is 20.2 Å². The Labute approximate surface area is 159 Å². The fourth-order valence-corrected chi connectivity index (χ4v) is 3.88. The molecule has 138 valence electrons. The summed E-state index contributed by atoms with van der Waals surface area (Å²) in [7, 11) is 0. The van der Waals surface area contributed by atoms with Crippen LogP contribution >= 0.6 is 0 Å². The van der Waals surface area contributed by atoms with Gasteiger partial charge < -0.3 is 10.2 Å². The Hall–Kier alpha value is -2.89. The first-order chi connectivity index (χ1) is 13.3. The minimum absolute atomic E-state index is 0.375. The number of rotatable bonds is 5. The molecule has 1 unspecified atom stereocenters. The van der Waals surface area contributed by atoms with Crippen LogP contribution in [-0.4, -0.2) is 26.7 Å². The van der Waals surface area contributed by atoms with Gasteiger partial charge in [-0.3, -0.25) is 5.10 Å². The van der Waals surface area contributed by atoms with Gasteiger partial charge in [-0.15, -0.1) is 0 Å². The molecule has 2 N–H and O–H groups in total. The van der Waals surface area contributed by atoms with Gasteiger partial charge in [0.05, 0.1) is 6.04 Å². The van der Waals surface area contributed by atoms with Gasteiger partial charge in [-0.1, -0.05) is 29.8 Å². The largest absolute Gasteiger partial charge is 0.349 e. The molecule has 1 aromatic carbocycles. The molecule has 1 aliphatic carbocycles. The van der Waals surface area contributed by atoms with Crippen molar-refractivity contribution in [2.24, 2.45) is 0 Å². The molecule has 2 aliphatic rings. The number of H-pyrrole nitrogens is 1. The van der Waals surface area contributed by atoms with Gasteiger partial charge in [-0.2, -0.15) is 5.10 Å².